The fourth-order valence-electron chi connectivity index (χ4n) is 2.98. The van der Waals surface area contributed by atoms with Crippen molar-refractivity contribution in [2.75, 3.05) is 33.4 Å². The lowest BCUT2D eigenvalue weighted by Gasteiger charge is -2.33. The molecule has 0 saturated carbocycles. The Morgan fingerprint density at radius 1 is 1.17 bits per heavy atom. The van der Waals surface area contributed by atoms with E-state index in [1.54, 1.807) is 6.07 Å². The van der Waals surface area contributed by atoms with Crippen LogP contribution in [0.2, 0.25) is 0 Å². The molecule has 24 heavy (non-hydrogen) atoms. The predicted molar refractivity (Wildman–Crippen MR) is 88.9 cm³/mol. The summed E-state index contributed by atoms with van der Waals surface area (Å²) in [6.45, 7) is 2.52. The Labute approximate surface area is 140 Å². The summed E-state index contributed by atoms with van der Waals surface area (Å²) in [5.41, 5.74) is 1.24. The van der Waals surface area contributed by atoms with Crippen molar-refractivity contribution in [1.82, 2.24) is 4.90 Å². The van der Waals surface area contributed by atoms with Gasteiger partial charge in [-0.25, -0.2) is 4.39 Å². The van der Waals surface area contributed by atoms with Gasteiger partial charge in [-0.3, -0.25) is 9.69 Å². The Bertz CT molecular complexity index is 699. The molecule has 5 heteroatoms. The second kappa shape index (κ2) is 7.55. The van der Waals surface area contributed by atoms with Gasteiger partial charge in [-0.15, -0.1) is 0 Å². The van der Waals surface area contributed by atoms with Gasteiger partial charge in [0, 0.05) is 18.7 Å². The Balaban J connectivity index is 1.95. The molecule has 2 aromatic carbocycles. The Hall–Kier alpha value is -2.24. The van der Waals surface area contributed by atoms with Crippen LogP contribution in [-0.2, 0) is 4.74 Å². The number of rotatable bonds is 5. The molecule has 2 aromatic rings. The second-order valence-electron chi connectivity index (χ2n) is 5.68. The van der Waals surface area contributed by atoms with Crippen LogP contribution in [0.15, 0.2) is 48.5 Å². The predicted octanol–water partition coefficient (Wildman–Crippen LogP) is 3.09. The fraction of sp³-hybridized carbons (Fsp3) is 0.316. The van der Waals surface area contributed by atoms with E-state index >= 15 is 0 Å². The molecule has 1 heterocycles. The summed E-state index contributed by atoms with van der Waals surface area (Å²) in [5.74, 6) is -0.518. The van der Waals surface area contributed by atoms with Gasteiger partial charge in [-0.1, -0.05) is 30.3 Å². The van der Waals surface area contributed by atoms with Crippen molar-refractivity contribution in [3.05, 3.63) is 65.5 Å². The molecule has 0 bridgehead atoms. The molecule has 1 saturated heterocycles. The molecule has 0 aliphatic carbocycles. The van der Waals surface area contributed by atoms with Crippen LogP contribution < -0.4 is 4.74 Å². The second-order valence-corrected chi connectivity index (χ2v) is 5.68. The van der Waals surface area contributed by atoms with Crippen LogP contribution in [0.5, 0.6) is 5.75 Å². The lowest BCUT2D eigenvalue weighted by Crippen LogP contribution is -2.42. The zero-order chi connectivity index (χ0) is 16.9. The molecule has 0 radical (unpaired) electrons. The van der Waals surface area contributed by atoms with Gasteiger partial charge in [0.05, 0.1) is 26.4 Å². The monoisotopic (exact) mass is 329 g/mol. The third kappa shape index (κ3) is 3.47. The largest absolute Gasteiger partial charge is 0.494 e. The van der Waals surface area contributed by atoms with E-state index in [1.165, 1.54) is 19.2 Å². The van der Waals surface area contributed by atoms with E-state index in [2.05, 4.69) is 4.90 Å². The van der Waals surface area contributed by atoms with Gasteiger partial charge < -0.3 is 9.47 Å². The molecule has 1 atom stereocenters. The van der Waals surface area contributed by atoms with Crippen LogP contribution in [0.25, 0.3) is 0 Å². The summed E-state index contributed by atoms with van der Waals surface area (Å²) in [4.78, 5) is 15.2. The normalized spacial score (nSPS) is 16.6. The van der Waals surface area contributed by atoms with Gasteiger partial charge in [-0.2, -0.15) is 0 Å². The third-order valence-corrected chi connectivity index (χ3v) is 4.21. The fourth-order valence-corrected chi connectivity index (χ4v) is 2.98. The molecule has 1 fully saturated rings. The van der Waals surface area contributed by atoms with Crippen LogP contribution in [0.4, 0.5) is 4.39 Å². The summed E-state index contributed by atoms with van der Waals surface area (Å²) in [6, 6.07) is 13.5. The number of ether oxygens (including phenoxy) is 2. The standard InChI is InChI=1S/C19H20FNO3/c1-23-17-8-7-15(13-16(17)20)19(22)18(14-5-3-2-4-6-14)21-9-11-24-12-10-21/h2-8,13,18H,9-12H2,1H3. The number of hydrogen-bond donors (Lipinski definition) is 0. The number of ketones is 1. The van der Waals surface area contributed by atoms with E-state index in [4.69, 9.17) is 9.47 Å². The minimum absolute atomic E-state index is 0.121. The Kier molecular flexibility index (Phi) is 5.23. The topological polar surface area (TPSA) is 38.8 Å². The average molecular weight is 329 g/mol. The molecule has 1 unspecified atom stereocenters. The smallest absolute Gasteiger partial charge is 0.184 e. The van der Waals surface area contributed by atoms with E-state index in [9.17, 15) is 9.18 Å². The quantitative estimate of drug-likeness (QED) is 0.790. The first-order valence-electron chi connectivity index (χ1n) is 7.95. The molecule has 0 N–H and O–H groups in total. The third-order valence-electron chi connectivity index (χ3n) is 4.21. The highest BCUT2D eigenvalue weighted by Gasteiger charge is 2.30. The number of nitrogens with zero attached hydrogens (tertiary/aromatic N) is 1. The average Bonchev–Trinajstić information content (AvgIpc) is 2.63. The van der Waals surface area contributed by atoms with Gasteiger partial charge >= 0.3 is 0 Å². The number of Topliss-reactive ketones (excluding diaryl/α,β-unsaturated/α-hetero) is 1. The summed E-state index contributed by atoms with van der Waals surface area (Å²) < 4.78 is 24.3. The molecular formula is C19H20FNO3. The minimum Gasteiger partial charge on any atom is -0.494 e. The van der Waals surface area contributed by atoms with Crippen molar-refractivity contribution in [1.29, 1.82) is 0 Å². The van der Waals surface area contributed by atoms with Crippen molar-refractivity contribution >= 4 is 5.78 Å². The van der Waals surface area contributed by atoms with Crippen molar-refractivity contribution < 1.29 is 18.7 Å². The van der Waals surface area contributed by atoms with Gasteiger partial charge in [-0.05, 0) is 23.8 Å². The molecule has 1 aliphatic rings. The highest BCUT2D eigenvalue weighted by Crippen LogP contribution is 2.28. The maximum Gasteiger partial charge on any atom is 0.184 e. The maximum absolute atomic E-state index is 14.0. The highest BCUT2D eigenvalue weighted by molar-refractivity contribution is 6.00. The highest BCUT2D eigenvalue weighted by atomic mass is 19.1. The number of benzene rings is 2. The Morgan fingerprint density at radius 3 is 2.50 bits per heavy atom. The van der Waals surface area contributed by atoms with Gasteiger partial charge in [0.15, 0.2) is 17.3 Å². The maximum atomic E-state index is 14.0. The number of hydrogen-bond acceptors (Lipinski definition) is 4. The summed E-state index contributed by atoms with van der Waals surface area (Å²) in [6.07, 6.45) is 0. The number of carbonyl (C=O) groups excluding carboxylic acids is 1. The molecule has 3 rings (SSSR count). The molecular weight excluding hydrogens is 309 g/mol. The first kappa shape index (κ1) is 16.6. The van der Waals surface area contributed by atoms with Crippen LogP contribution in [0.3, 0.4) is 0 Å². The van der Waals surface area contributed by atoms with Gasteiger partial charge in [0.1, 0.15) is 0 Å². The van der Waals surface area contributed by atoms with E-state index in [0.29, 0.717) is 31.9 Å². The first-order valence-corrected chi connectivity index (χ1v) is 7.95. The first-order chi connectivity index (χ1) is 11.7. The van der Waals surface area contributed by atoms with Crippen molar-refractivity contribution in [2.24, 2.45) is 0 Å². The number of halogens is 1. The van der Waals surface area contributed by atoms with E-state index in [0.717, 1.165) is 5.56 Å². The van der Waals surface area contributed by atoms with E-state index in [1.807, 2.05) is 30.3 Å². The summed E-state index contributed by atoms with van der Waals surface area (Å²) in [5, 5.41) is 0. The van der Waals surface area contributed by atoms with Crippen LogP contribution >= 0.6 is 0 Å². The SMILES string of the molecule is COc1ccc(C(=O)C(c2ccccc2)N2CCOCC2)cc1F. The van der Waals surface area contributed by atoms with E-state index < -0.39 is 11.9 Å². The number of methoxy groups -OCH3 is 1. The minimum atomic E-state index is -0.530. The van der Waals surface area contributed by atoms with Gasteiger partial charge in [0.25, 0.3) is 0 Å². The van der Waals surface area contributed by atoms with Crippen LogP contribution in [-0.4, -0.2) is 44.1 Å². The van der Waals surface area contributed by atoms with Crippen molar-refractivity contribution in [3.63, 3.8) is 0 Å². The molecule has 0 aromatic heterocycles. The van der Waals surface area contributed by atoms with Crippen LogP contribution in [0.1, 0.15) is 22.0 Å². The molecule has 1 aliphatic heterocycles. The van der Waals surface area contributed by atoms with E-state index in [-0.39, 0.29) is 11.5 Å². The van der Waals surface area contributed by atoms with Crippen molar-refractivity contribution in [3.8, 4) is 5.75 Å². The Morgan fingerprint density at radius 2 is 1.88 bits per heavy atom. The summed E-state index contributed by atoms with van der Waals surface area (Å²) in [7, 11) is 1.40. The molecule has 0 amide bonds. The molecule has 0 spiro atoms. The molecule has 4 nitrogen and oxygen atoms in total. The van der Waals surface area contributed by atoms with Gasteiger partial charge in [0.2, 0.25) is 0 Å². The lowest BCUT2D eigenvalue weighted by atomic mass is 9.95. The zero-order valence-electron chi connectivity index (χ0n) is 13.6. The lowest BCUT2D eigenvalue weighted by molar-refractivity contribution is 0.0172. The number of carbonyl (C=O) groups is 1. The molecule has 126 valence electrons. The van der Waals surface area contributed by atoms with Crippen LogP contribution in [0, 0.1) is 5.82 Å². The number of morpholine rings is 1. The summed E-state index contributed by atoms with van der Waals surface area (Å²) >= 11 is 0. The van der Waals surface area contributed by atoms with Crippen molar-refractivity contribution in [2.45, 2.75) is 6.04 Å². The zero-order valence-corrected chi connectivity index (χ0v) is 13.6.